The van der Waals surface area contributed by atoms with Crippen molar-refractivity contribution in [1.29, 1.82) is 5.26 Å². The minimum atomic E-state index is -0.155. The lowest BCUT2D eigenvalue weighted by Crippen LogP contribution is -2.26. The number of aromatic nitrogens is 3. The fourth-order valence-corrected chi connectivity index (χ4v) is 7.27. The molecule has 2 heterocycles. The van der Waals surface area contributed by atoms with Crippen LogP contribution in [0, 0.1) is 22.7 Å². The summed E-state index contributed by atoms with van der Waals surface area (Å²) in [7, 11) is 0. The molecule has 2 aromatic carbocycles. The first-order valence-corrected chi connectivity index (χ1v) is 15.6. The zero-order valence-corrected chi connectivity index (χ0v) is 25.3. The van der Waals surface area contributed by atoms with Gasteiger partial charge in [0.25, 0.3) is 0 Å². The van der Waals surface area contributed by atoms with Gasteiger partial charge in [-0.15, -0.1) is 21.5 Å². The lowest BCUT2D eigenvalue weighted by Gasteiger charge is -2.33. The quantitative estimate of drug-likeness (QED) is 0.217. The molecule has 1 N–H and O–H groups in total. The van der Waals surface area contributed by atoms with E-state index in [0.717, 1.165) is 41.8 Å². The Hall–Kier alpha value is -3.12. The second-order valence-electron chi connectivity index (χ2n) is 11.2. The highest BCUT2D eigenvalue weighted by Crippen LogP contribution is 2.44. The predicted molar refractivity (Wildman–Crippen MR) is 163 cm³/mol. The maximum absolute atomic E-state index is 13.1. The summed E-state index contributed by atoms with van der Waals surface area (Å²) in [5.41, 5.74) is 4.17. The number of carbonyl (C=O) groups excluding carboxylic acids is 1. The average molecular weight is 590 g/mol. The fraction of sp³-hybridized carbons (Fsp3) is 0.355. The van der Waals surface area contributed by atoms with Crippen molar-refractivity contribution in [3.05, 3.63) is 92.6 Å². The molecule has 4 aromatic rings. The van der Waals surface area contributed by atoms with Crippen LogP contribution in [0.25, 0.3) is 0 Å². The van der Waals surface area contributed by atoms with E-state index in [0.29, 0.717) is 39.6 Å². The second-order valence-corrected chi connectivity index (χ2v) is 13.7. The molecular weight excluding hydrogens is 558 g/mol. The van der Waals surface area contributed by atoms with Gasteiger partial charge in [0.2, 0.25) is 5.91 Å². The molecular formula is C31H32ClN5OS2. The van der Waals surface area contributed by atoms with Crippen molar-refractivity contribution in [2.75, 3.05) is 11.1 Å². The summed E-state index contributed by atoms with van der Waals surface area (Å²) in [4.78, 5) is 14.3. The van der Waals surface area contributed by atoms with Gasteiger partial charge >= 0.3 is 0 Å². The zero-order chi connectivity index (χ0) is 28.3. The smallest absolute Gasteiger partial charge is 0.235 e. The summed E-state index contributed by atoms with van der Waals surface area (Å²) in [6.07, 6.45) is 3.55. The number of rotatable bonds is 8. The van der Waals surface area contributed by atoms with Crippen LogP contribution in [-0.4, -0.2) is 26.4 Å². The molecule has 40 heavy (non-hydrogen) atoms. The first-order valence-electron chi connectivity index (χ1n) is 13.4. The van der Waals surface area contributed by atoms with Crippen LogP contribution >= 0.6 is 34.7 Å². The van der Waals surface area contributed by atoms with E-state index < -0.39 is 0 Å². The number of hydrogen-bond acceptors (Lipinski definition) is 6. The van der Waals surface area contributed by atoms with Gasteiger partial charge in [-0.25, -0.2) is 0 Å². The Morgan fingerprint density at radius 3 is 2.60 bits per heavy atom. The largest absolute Gasteiger partial charge is 0.316 e. The van der Waals surface area contributed by atoms with E-state index in [-0.39, 0.29) is 17.1 Å². The van der Waals surface area contributed by atoms with Gasteiger partial charge in [-0.05, 0) is 59.4 Å². The van der Waals surface area contributed by atoms with Crippen molar-refractivity contribution in [2.24, 2.45) is 11.3 Å². The molecule has 1 atom stereocenters. The number of benzene rings is 2. The zero-order valence-electron chi connectivity index (χ0n) is 22.9. The van der Waals surface area contributed by atoms with Crippen LogP contribution in [-0.2, 0) is 30.6 Å². The van der Waals surface area contributed by atoms with Crippen LogP contribution in [0.1, 0.15) is 60.1 Å². The lowest BCUT2D eigenvalue weighted by molar-refractivity contribution is -0.113. The molecule has 2 aromatic heterocycles. The minimum absolute atomic E-state index is 0.155. The molecule has 6 nitrogen and oxygen atoms in total. The molecule has 9 heteroatoms. The number of nitrogens with zero attached hydrogens (tertiary/aromatic N) is 4. The third-order valence-electron chi connectivity index (χ3n) is 7.44. The van der Waals surface area contributed by atoms with Gasteiger partial charge in [0.15, 0.2) is 5.16 Å². The van der Waals surface area contributed by atoms with Crippen LogP contribution in [0.4, 0.5) is 5.00 Å². The lowest BCUT2D eigenvalue weighted by atomic mass is 9.72. The number of anilines is 1. The van der Waals surface area contributed by atoms with Crippen molar-refractivity contribution in [3.63, 3.8) is 0 Å². The van der Waals surface area contributed by atoms with E-state index in [4.69, 9.17) is 11.6 Å². The molecule has 0 aliphatic heterocycles. The molecule has 5 rings (SSSR count). The first kappa shape index (κ1) is 28.4. The van der Waals surface area contributed by atoms with Gasteiger partial charge in [0, 0.05) is 16.3 Å². The Labute approximate surface area is 248 Å². The average Bonchev–Trinajstić information content (AvgIpc) is 3.48. The SMILES string of the molecule is CC(C)(C)[C@H]1CCc2c(sc(NC(=O)CSc3nnc(Cc4ccccc4)n3Cc3ccc(Cl)cc3)c2C#N)C1. The van der Waals surface area contributed by atoms with Crippen LogP contribution in [0.3, 0.4) is 0 Å². The molecule has 1 amide bonds. The summed E-state index contributed by atoms with van der Waals surface area (Å²) in [6, 6.07) is 20.2. The van der Waals surface area contributed by atoms with Gasteiger partial charge in [-0.3, -0.25) is 4.79 Å². The molecule has 0 bridgehead atoms. The third-order valence-corrected chi connectivity index (χ3v) is 9.83. The number of carbonyl (C=O) groups is 1. The maximum atomic E-state index is 13.1. The van der Waals surface area contributed by atoms with E-state index in [1.807, 2.05) is 42.5 Å². The van der Waals surface area contributed by atoms with E-state index in [2.05, 4.69) is 59.1 Å². The number of nitrogens with one attached hydrogen (secondary N) is 1. The molecule has 0 radical (unpaired) electrons. The van der Waals surface area contributed by atoms with E-state index in [1.54, 1.807) is 11.3 Å². The number of thiophene rings is 1. The number of hydrogen-bond donors (Lipinski definition) is 1. The topological polar surface area (TPSA) is 83.6 Å². The number of nitriles is 1. The Bertz CT molecular complexity index is 1530. The Balaban J connectivity index is 1.31. The normalized spacial score (nSPS) is 14.9. The van der Waals surface area contributed by atoms with Gasteiger partial charge in [0.1, 0.15) is 16.9 Å². The molecule has 206 valence electrons. The number of fused-ring (bicyclic) bond motifs is 1. The molecule has 0 unspecified atom stereocenters. The monoisotopic (exact) mass is 589 g/mol. The summed E-state index contributed by atoms with van der Waals surface area (Å²) >= 11 is 9.01. The van der Waals surface area contributed by atoms with Crippen molar-refractivity contribution in [3.8, 4) is 6.07 Å². The molecule has 1 aliphatic carbocycles. The standard InChI is InChI=1S/C31H32ClN5OS2/c1-31(2,3)22-11-14-24-25(17-33)29(40-26(24)16-22)34-28(38)19-39-30-36-35-27(15-20-7-5-4-6-8-20)37(30)18-21-9-12-23(32)13-10-21/h4-10,12-13,22H,11,14-16,18-19H2,1-3H3,(H,34,38)/t22-/m0/s1. The van der Waals surface area contributed by atoms with E-state index >= 15 is 0 Å². The highest BCUT2D eigenvalue weighted by molar-refractivity contribution is 7.99. The van der Waals surface area contributed by atoms with Crippen molar-refractivity contribution < 1.29 is 4.79 Å². The summed E-state index contributed by atoms with van der Waals surface area (Å²) in [5.74, 6) is 1.41. The van der Waals surface area contributed by atoms with Gasteiger partial charge in [0.05, 0.1) is 17.9 Å². The van der Waals surface area contributed by atoms with Crippen molar-refractivity contribution in [1.82, 2.24) is 14.8 Å². The summed E-state index contributed by atoms with van der Waals surface area (Å²) in [6.45, 7) is 7.40. The molecule has 0 saturated heterocycles. The Morgan fingerprint density at radius 1 is 1.15 bits per heavy atom. The number of halogens is 1. The molecule has 0 fully saturated rings. The second kappa shape index (κ2) is 12.2. The van der Waals surface area contributed by atoms with Gasteiger partial charge in [-0.2, -0.15) is 5.26 Å². The maximum Gasteiger partial charge on any atom is 0.235 e. The highest BCUT2D eigenvalue weighted by atomic mass is 35.5. The van der Waals surface area contributed by atoms with Gasteiger partial charge < -0.3 is 9.88 Å². The highest BCUT2D eigenvalue weighted by Gasteiger charge is 2.32. The van der Waals surface area contributed by atoms with E-state index in [9.17, 15) is 10.1 Å². The number of amides is 1. The number of thioether (sulfide) groups is 1. The molecule has 1 aliphatic rings. The van der Waals surface area contributed by atoms with E-state index in [1.165, 1.54) is 16.6 Å². The first-order chi connectivity index (χ1) is 19.2. The fourth-order valence-electron chi connectivity index (χ4n) is 5.09. The molecule has 0 saturated carbocycles. The van der Waals surface area contributed by atoms with Crippen molar-refractivity contribution >= 4 is 45.6 Å². The van der Waals surface area contributed by atoms with Crippen LogP contribution in [0.5, 0.6) is 0 Å². The summed E-state index contributed by atoms with van der Waals surface area (Å²) in [5, 5.41) is 23.9. The Kier molecular flexibility index (Phi) is 8.65. The molecule has 0 spiro atoms. The predicted octanol–water partition coefficient (Wildman–Crippen LogP) is 7.39. The van der Waals surface area contributed by atoms with Gasteiger partial charge in [-0.1, -0.05) is 86.6 Å². The summed E-state index contributed by atoms with van der Waals surface area (Å²) < 4.78 is 2.06. The van der Waals surface area contributed by atoms with Crippen LogP contribution in [0.15, 0.2) is 59.8 Å². The van der Waals surface area contributed by atoms with Crippen LogP contribution < -0.4 is 5.32 Å². The third kappa shape index (κ3) is 6.60. The Morgan fingerprint density at radius 2 is 1.90 bits per heavy atom. The minimum Gasteiger partial charge on any atom is -0.316 e. The van der Waals surface area contributed by atoms with Crippen molar-refractivity contribution in [2.45, 2.75) is 58.2 Å². The van der Waals surface area contributed by atoms with Crippen LogP contribution in [0.2, 0.25) is 5.02 Å².